The first-order valence-corrected chi connectivity index (χ1v) is 7.21. The lowest BCUT2D eigenvalue weighted by atomic mass is 10.1. The predicted octanol–water partition coefficient (Wildman–Crippen LogP) is 2.37. The number of benzene rings is 2. The van der Waals surface area contributed by atoms with E-state index >= 15 is 0 Å². The van der Waals surface area contributed by atoms with E-state index in [-0.39, 0.29) is 11.6 Å². The van der Waals surface area contributed by atoms with Crippen LogP contribution in [0.3, 0.4) is 0 Å². The van der Waals surface area contributed by atoms with Gasteiger partial charge in [-0.3, -0.25) is 4.79 Å². The fraction of sp³-hybridized carbons (Fsp3) is 0.0556. The smallest absolute Gasteiger partial charge is 0.346 e. The van der Waals surface area contributed by atoms with Gasteiger partial charge in [0, 0.05) is 12.1 Å². The van der Waals surface area contributed by atoms with Crippen LogP contribution in [0.5, 0.6) is 0 Å². The highest BCUT2D eigenvalue weighted by molar-refractivity contribution is 5.93. The minimum Gasteiger partial charge on any atom is -0.347 e. The number of carbonyl (C=O) groups is 1. The first-order chi connectivity index (χ1) is 11.2. The summed E-state index contributed by atoms with van der Waals surface area (Å²) < 4.78 is 0. The fourth-order valence-corrected chi connectivity index (χ4v) is 2.21. The predicted molar refractivity (Wildman–Crippen MR) is 87.9 cm³/mol. The van der Waals surface area contributed by atoms with Crippen LogP contribution in [0.25, 0.3) is 11.3 Å². The molecule has 0 atom stereocenters. The maximum absolute atomic E-state index is 12.2. The fourth-order valence-electron chi connectivity index (χ4n) is 2.21. The van der Waals surface area contributed by atoms with Crippen molar-refractivity contribution in [1.82, 2.24) is 15.3 Å². The lowest BCUT2D eigenvalue weighted by Crippen LogP contribution is -2.27. The van der Waals surface area contributed by atoms with Gasteiger partial charge in [-0.1, -0.05) is 60.7 Å². The lowest BCUT2D eigenvalue weighted by Gasteiger charge is -2.06. The third-order valence-electron chi connectivity index (χ3n) is 3.35. The summed E-state index contributed by atoms with van der Waals surface area (Å²) in [5.74, 6) is -0.342. The van der Waals surface area contributed by atoms with Gasteiger partial charge in [0.15, 0.2) is 0 Å². The molecule has 5 nitrogen and oxygen atoms in total. The molecule has 3 rings (SSSR count). The van der Waals surface area contributed by atoms with Crippen LogP contribution >= 0.6 is 0 Å². The molecule has 0 spiro atoms. The Bertz CT molecular complexity index is 858. The summed E-state index contributed by atoms with van der Waals surface area (Å²) in [6, 6.07) is 20.4. The minimum atomic E-state index is -0.545. The Morgan fingerprint density at radius 1 is 1.00 bits per heavy atom. The first kappa shape index (κ1) is 14.7. The van der Waals surface area contributed by atoms with Gasteiger partial charge in [-0.15, -0.1) is 0 Å². The second kappa shape index (κ2) is 6.70. The molecule has 23 heavy (non-hydrogen) atoms. The van der Waals surface area contributed by atoms with E-state index in [1.54, 1.807) is 6.07 Å². The molecular formula is C18H15N3O2. The molecule has 1 amide bonds. The third-order valence-corrected chi connectivity index (χ3v) is 3.35. The van der Waals surface area contributed by atoms with Crippen LogP contribution in [0, 0.1) is 0 Å². The summed E-state index contributed by atoms with van der Waals surface area (Å²) in [5.41, 5.74) is 1.89. The molecule has 0 aliphatic carbocycles. The lowest BCUT2D eigenvalue weighted by molar-refractivity contribution is 0.0945. The molecular weight excluding hydrogens is 290 g/mol. The van der Waals surface area contributed by atoms with E-state index in [1.165, 1.54) is 0 Å². The van der Waals surface area contributed by atoms with E-state index in [9.17, 15) is 9.59 Å². The molecule has 2 N–H and O–H groups in total. The number of nitrogens with one attached hydrogen (secondary N) is 2. The zero-order valence-electron chi connectivity index (χ0n) is 12.3. The van der Waals surface area contributed by atoms with Crippen LogP contribution in [-0.2, 0) is 6.54 Å². The molecule has 114 valence electrons. The van der Waals surface area contributed by atoms with Crippen molar-refractivity contribution >= 4 is 5.91 Å². The van der Waals surface area contributed by atoms with Gasteiger partial charge < -0.3 is 10.3 Å². The summed E-state index contributed by atoms with van der Waals surface area (Å²) in [6.45, 7) is 0.394. The monoisotopic (exact) mass is 305 g/mol. The number of hydrogen-bond donors (Lipinski definition) is 2. The van der Waals surface area contributed by atoms with Crippen molar-refractivity contribution in [1.29, 1.82) is 0 Å². The van der Waals surface area contributed by atoms with Crippen LogP contribution in [-0.4, -0.2) is 15.9 Å². The topological polar surface area (TPSA) is 74.8 Å². The molecule has 0 bridgehead atoms. The van der Waals surface area contributed by atoms with E-state index in [1.807, 2.05) is 60.7 Å². The van der Waals surface area contributed by atoms with Gasteiger partial charge in [-0.2, -0.15) is 4.98 Å². The number of amides is 1. The molecule has 1 heterocycles. The van der Waals surface area contributed by atoms with Crippen molar-refractivity contribution in [3.8, 4) is 11.3 Å². The zero-order chi connectivity index (χ0) is 16.1. The average molecular weight is 305 g/mol. The summed E-state index contributed by atoms with van der Waals surface area (Å²) in [7, 11) is 0. The highest BCUT2D eigenvalue weighted by Gasteiger charge is 2.10. The van der Waals surface area contributed by atoms with Crippen LogP contribution in [0.4, 0.5) is 0 Å². The van der Waals surface area contributed by atoms with E-state index in [0.717, 1.165) is 11.1 Å². The number of hydrogen-bond acceptors (Lipinski definition) is 3. The highest BCUT2D eigenvalue weighted by Crippen LogP contribution is 2.15. The number of rotatable bonds is 4. The van der Waals surface area contributed by atoms with Gasteiger partial charge in [0.1, 0.15) is 5.69 Å². The normalized spacial score (nSPS) is 10.3. The SMILES string of the molecule is O=C(NCc1ccccc1)c1cc(-c2ccccc2)nc(=O)[nH]1. The Morgan fingerprint density at radius 2 is 1.65 bits per heavy atom. The molecule has 0 saturated carbocycles. The average Bonchev–Trinajstić information content (AvgIpc) is 2.61. The van der Waals surface area contributed by atoms with Crippen molar-refractivity contribution in [3.63, 3.8) is 0 Å². The summed E-state index contributed by atoms with van der Waals surface area (Å²) >= 11 is 0. The minimum absolute atomic E-state index is 0.194. The van der Waals surface area contributed by atoms with Crippen molar-refractivity contribution < 1.29 is 4.79 Å². The van der Waals surface area contributed by atoms with Crippen LogP contribution in [0.15, 0.2) is 71.5 Å². The van der Waals surface area contributed by atoms with Crippen molar-refractivity contribution in [2.75, 3.05) is 0 Å². The number of carbonyl (C=O) groups excluding carboxylic acids is 1. The Labute approximate surface area is 133 Å². The summed E-state index contributed by atoms with van der Waals surface area (Å²) in [6.07, 6.45) is 0. The molecule has 0 unspecified atom stereocenters. The maximum Gasteiger partial charge on any atom is 0.346 e. The maximum atomic E-state index is 12.2. The van der Waals surface area contributed by atoms with Gasteiger partial charge in [-0.05, 0) is 11.6 Å². The highest BCUT2D eigenvalue weighted by atomic mass is 16.2. The van der Waals surface area contributed by atoms with E-state index in [2.05, 4.69) is 15.3 Å². The standard InChI is InChI=1S/C18H15N3O2/c22-17(19-12-13-7-3-1-4-8-13)16-11-15(20-18(23)21-16)14-9-5-2-6-10-14/h1-11H,12H2,(H,19,22)(H,20,21,23). The first-order valence-electron chi connectivity index (χ1n) is 7.21. The molecule has 0 radical (unpaired) electrons. The second-order valence-corrected chi connectivity index (χ2v) is 5.02. The molecule has 0 fully saturated rings. The number of aromatic amines is 1. The van der Waals surface area contributed by atoms with Gasteiger partial charge in [-0.25, -0.2) is 4.79 Å². The largest absolute Gasteiger partial charge is 0.347 e. The van der Waals surface area contributed by atoms with Gasteiger partial charge >= 0.3 is 5.69 Å². The number of nitrogens with zero attached hydrogens (tertiary/aromatic N) is 1. The van der Waals surface area contributed by atoms with Gasteiger partial charge in [0.05, 0.1) is 5.69 Å². The number of H-pyrrole nitrogens is 1. The van der Waals surface area contributed by atoms with E-state index in [4.69, 9.17) is 0 Å². The Hall–Kier alpha value is -3.21. The molecule has 2 aromatic carbocycles. The van der Waals surface area contributed by atoms with Crippen LogP contribution < -0.4 is 11.0 Å². The summed E-state index contributed by atoms with van der Waals surface area (Å²) in [5, 5.41) is 2.78. The molecule has 0 saturated heterocycles. The Morgan fingerprint density at radius 3 is 2.35 bits per heavy atom. The van der Waals surface area contributed by atoms with Crippen molar-refractivity contribution in [2.24, 2.45) is 0 Å². The van der Waals surface area contributed by atoms with Crippen LogP contribution in [0.2, 0.25) is 0 Å². The van der Waals surface area contributed by atoms with Gasteiger partial charge in [0.2, 0.25) is 0 Å². The third kappa shape index (κ3) is 3.71. The molecule has 0 aliphatic heterocycles. The second-order valence-electron chi connectivity index (χ2n) is 5.02. The van der Waals surface area contributed by atoms with Crippen molar-refractivity contribution in [3.05, 3.63) is 88.5 Å². The molecule has 0 aliphatic rings. The summed E-state index contributed by atoms with van der Waals surface area (Å²) in [4.78, 5) is 30.3. The zero-order valence-corrected chi connectivity index (χ0v) is 12.3. The molecule has 1 aromatic heterocycles. The van der Waals surface area contributed by atoms with Crippen molar-refractivity contribution in [2.45, 2.75) is 6.54 Å². The Kier molecular flexibility index (Phi) is 4.29. The van der Waals surface area contributed by atoms with Gasteiger partial charge in [0.25, 0.3) is 5.91 Å². The van der Waals surface area contributed by atoms with Crippen LogP contribution in [0.1, 0.15) is 16.1 Å². The molecule has 5 heteroatoms. The van der Waals surface area contributed by atoms with E-state index in [0.29, 0.717) is 12.2 Å². The van der Waals surface area contributed by atoms with E-state index < -0.39 is 5.69 Å². The Balaban J connectivity index is 1.81. The quantitative estimate of drug-likeness (QED) is 0.777. The number of aromatic nitrogens is 2. The molecule has 3 aromatic rings.